The molecule has 5 heteroatoms. The number of nitrogens with two attached hydrogens (primary N) is 1. The van der Waals surface area contributed by atoms with Crippen LogP contribution in [0.25, 0.3) is 0 Å². The molecule has 1 aromatic carbocycles. The van der Waals surface area contributed by atoms with Gasteiger partial charge in [-0.3, -0.25) is 4.79 Å². The van der Waals surface area contributed by atoms with Gasteiger partial charge in [0.1, 0.15) is 5.75 Å². The molecule has 0 unspecified atom stereocenters. The molecule has 0 saturated heterocycles. The van der Waals surface area contributed by atoms with Gasteiger partial charge >= 0.3 is 0 Å². The van der Waals surface area contributed by atoms with Crippen molar-refractivity contribution in [3.05, 3.63) is 46.2 Å². The van der Waals surface area contributed by atoms with Gasteiger partial charge in [0.2, 0.25) is 5.91 Å². The zero-order valence-corrected chi connectivity index (χ0v) is 12.9. The number of aryl methyl sites for hydroxylation is 1. The smallest absolute Gasteiger partial charge is 0.220 e. The molecule has 4 nitrogen and oxygen atoms in total. The molecule has 3 N–H and O–H groups in total. The molecule has 1 aromatic heterocycles. The monoisotopic (exact) mass is 304 g/mol. The van der Waals surface area contributed by atoms with Crippen LogP contribution in [0.1, 0.15) is 23.3 Å². The lowest BCUT2D eigenvalue weighted by molar-refractivity contribution is -0.121. The number of rotatable bonds is 7. The summed E-state index contributed by atoms with van der Waals surface area (Å²) < 4.78 is 5.10. The maximum Gasteiger partial charge on any atom is 0.220 e. The van der Waals surface area contributed by atoms with E-state index >= 15 is 0 Å². The second kappa shape index (κ2) is 7.69. The number of anilines is 1. The molecular weight excluding hydrogens is 284 g/mol. The van der Waals surface area contributed by atoms with E-state index in [-0.39, 0.29) is 5.91 Å². The maximum absolute atomic E-state index is 11.8. The molecule has 2 aromatic rings. The number of hydrogen-bond acceptors (Lipinski definition) is 4. The third kappa shape index (κ3) is 4.79. The van der Waals surface area contributed by atoms with Crippen molar-refractivity contribution in [2.24, 2.45) is 0 Å². The van der Waals surface area contributed by atoms with Crippen molar-refractivity contribution < 1.29 is 9.53 Å². The molecule has 1 amide bonds. The summed E-state index contributed by atoms with van der Waals surface area (Å²) in [5.41, 5.74) is 7.39. The Hall–Kier alpha value is -2.01. The summed E-state index contributed by atoms with van der Waals surface area (Å²) in [6.07, 6.45) is 2.38. The Morgan fingerprint density at radius 2 is 2.24 bits per heavy atom. The summed E-state index contributed by atoms with van der Waals surface area (Å²) in [6.45, 7) is 0.492. The highest BCUT2D eigenvalue weighted by atomic mass is 32.1. The van der Waals surface area contributed by atoms with Crippen molar-refractivity contribution >= 4 is 22.9 Å². The second-order valence-electron chi connectivity index (χ2n) is 4.79. The number of ether oxygens (including phenoxy) is 1. The van der Waals surface area contributed by atoms with Gasteiger partial charge in [0.15, 0.2) is 0 Å². The predicted molar refractivity (Wildman–Crippen MR) is 86.5 cm³/mol. The average Bonchev–Trinajstić information content (AvgIpc) is 2.98. The zero-order chi connectivity index (χ0) is 15.1. The van der Waals surface area contributed by atoms with Crippen molar-refractivity contribution in [3.63, 3.8) is 0 Å². The van der Waals surface area contributed by atoms with Gasteiger partial charge in [-0.05, 0) is 42.0 Å². The summed E-state index contributed by atoms with van der Waals surface area (Å²) in [4.78, 5) is 13.1. The van der Waals surface area contributed by atoms with Crippen LogP contribution in [0.15, 0.2) is 35.7 Å². The highest BCUT2D eigenvalue weighted by molar-refractivity contribution is 7.09. The molecule has 0 atom stereocenters. The van der Waals surface area contributed by atoms with Gasteiger partial charge in [0.25, 0.3) is 0 Å². The van der Waals surface area contributed by atoms with Crippen LogP contribution in [0, 0.1) is 0 Å². The van der Waals surface area contributed by atoms with E-state index in [4.69, 9.17) is 10.5 Å². The number of nitrogen functional groups attached to an aromatic ring is 1. The largest absolute Gasteiger partial charge is 0.495 e. The number of methoxy groups -OCH3 is 1. The fraction of sp³-hybridized carbons (Fsp3) is 0.312. The molecule has 0 aliphatic carbocycles. The van der Waals surface area contributed by atoms with E-state index in [0.717, 1.165) is 18.4 Å². The number of carbonyl (C=O) groups is 1. The van der Waals surface area contributed by atoms with E-state index in [1.54, 1.807) is 18.4 Å². The average molecular weight is 304 g/mol. The highest BCUT2D eigenvalue weighted by Gasteiger charge is 2.04. The van der Waals surface area contributed by atoms with Crippen LogP contribution < -0.4 is 15.8 Å². The van der Waals surface area contributed by atoms with Gasteiger partial charge in [-0.1, -0.05) is 12.1 Å². The Labute approximate surface area is 128 Å². The summed E-state index contributed by atoms with van der Waals surface area (Å²) in [5.74, 6) is 0.724. The summed E-state index contributed by atoms with van der Waals surface area (Å²) in [6, 6.07) is 9.68. The minimum absolute atomic E-state index is 0.0703. The van der Waals surface area contributed by atoms with Crippen LogP contribution >= 0.6 is 11.3 Å². The number of benzene rings is 1. The van der Waals surface area contributed by atoms with E-state index in [1.807, 2.05) is 24.3 Å². The van der Waals surface area contributed by atoms with Crippen molar-refractivity contribution in [3.8, 4) is 5.75 Å². The molecule has 112 valence electrons. The fourth-order valence-electron chi connectivity index (χ4n) is 2.06. The molecular formula is C16H20N2O2S. The quantitative estimate of drug-likeness (QED) is 0.773. The number of thiophene rings is 1. The first-order chi connectivity index (χ1) is 10.2. The Kier molecular flexibility index (Phi) is 5.63. The van der Waals surface area contributed by atoms with Crippen molar-refractivity contribution in [1.82, 2.24) is 5.32 Å². The Morgan fingerprint density at radius 3 is 2.90 bits per heavy atom. The maximum atomic E-state index is 11.8. The second-order valence-corrected chi connectivity index (χ2v) is 5.82. The van der Waals surface area contributed by atoms with Crippen molar-refractivity contribution in [2.45, 2.75) is 25.8 Å². The molecule has 0 fully saturated rings. The first kappa shape index (κ1) is 15.4. The summed E-state index contributed by atoms with van der Waals surface area (Å²) in [7, 11) is 1.58. The summed E-state index contributed by atoms with van der Waals surface area (Å²) in [5, 5.41) is 4.97. The molecule has 0 aliphatic rings. The molecule has 0 aliphatic heterocycles. The third-order valence-corrected chi connectivity index (χ3v) is 4.13. The van der Waals surface area contributed by atoms with Gasteiger partial charge in [-0.2, -0.15) is 0 Å². The fourth-order valence-corrected chi connectivity index (χ4v) is 2.81. The van der Waals surface area contributed by atoms with E-state index in [1.165, 1.54) is 4.88 Å². The predicted octanol–water partition coefficient (Wildman–Crippen LogP) is 2.98. The Bertz CT molecular complexity index is 582. The van der Waals surface area contributed by atoms with Crippen molar-refractivity contribution in [2.75, 3.05) is 12.8 Å². The highest BCUT2D eigenvalue weighted by Crippen LogP contribution is 2.21. The molecule has 21 heavy (non-hydrogen) atoms. The minimum atomic E-state index is 0.0703. The van der Waals surface area contributed by atoms with Gasteiger partial charge in [-0.25, -0.2) is 0 Å². The summed E-state index contributed by atoms with van der Waals surface area (Å²) >= 11 is 1.73. The molecule has 0 saturated carbocycles. The van der Waals surface area contributed by atoms with E-state index in [9.17, 15) is 4.79 Å². The minimum Gasteiger partial charge on any atom is -0.495 e. The normalized spacial score (nSPS) is 10.3. The van der Waals surface area contributed by atoms with Crippen LogP contribution in [0.5, 0.6) is 5.75 Å². The topological polar surface area (TPSA) is 64.3 Å². The van der Waals surface area contributed by atoms with Crippen molar-refractivity contribution in [1.29, 1.82) is 0 Å². The molecule has 0 bridgehead atoms. The SMILES string of the molecule is COc1ccc(CNC(=O)CCCc2cccs2)cc1N. The Morgan fingerprint density at radius 1 is 1.38 bits per heavy atom. The Balaban J connectivity index is 1.72. The van der Waals surface area contributed by atoms with Crippen LogP contribution in [-0.4, -0.2) is 13.0 Å². The van der Waals surface area contributed by atoms with Crippen LogP contribution in [0.2, 0.25) is 0 Å². The third-order valence-electron chi connectivity index (χ3n) is 3.19. The van der Waals surface area contributed by atoms with E-state index in [0.29, 0.717) is 24.4 Å². The number of hydrogen-bond donors (Lipinski definition) is 2. The van der Waals surface area contributed by atoms with E-state index < -0.39 is 0 Å². The standard InChI is InChI=1S/C16H20N2O2S/c1-20-15-8-7-12(10-14(15)17)11-18-16(19)6-2-4-13-5-3-9-21-13/h3,5,7-10H,2,4,6,11,17H2,1H3,(H,18,19). The lowest BCUT2D eigenvalue weighted by atomic mass is 10.1. The number of carbonyl (C=O) groups excluding carboxylic acids is 1. The van der Waals surface area contributed by atoms with Crippen LogP contribution in [0.4, 0.5) is 5.69 Å². The van der Waals surface area contributed by atoms with Gasteiger partial charge < -0.3 is 15.8 Å². The molecule has 1 heterocycles. The lowest BCUT2D eigenvalue weighted by Crippen LogP contribution is -2.22. The lowest BCUT2D eigenvalue weighted by Gasteiger charge is -2.08. The van der Waals surface area contributed by atoms with E-state index in [2.05, 4.69) is 16.8 Å². The van der Waals surface area contributed by atoms with Crippen LogP contribution in [-0.2, 0) is 17.8 Å². The number of amides is 1. The zero-order valence-electron chi connectivity index (χ0n) is 12.1. The molecule has 2 rings (SSSR count). The van der Waals surface area contributed by atoms with Crippen LogP contribution in [0.3, 0.4) is 0 Å². The molecule has 0 spiro atoms. The van der Waals surface area contributed by atoms with Gasteiger partial charge in [0.05, 0.1) is 12.8 Å². The number of nitrogens with one attached hydrogen (secondary N) is 1. The van der Waals surface area contributed by atoms with Gasteiger partial charge in [0, 0.05) is 17.8 Å². The first-order valence-electron chi connectivity index (χ1n) is 6.90. The van der Waals surface area contributed by atoms with Gasteiger partial charge in [-0.15, -0.1) is 11.3 Å². The molecule has 0 radical (unpaired) electrons. The first-order valence-corrected chi connectivity index (χ1v) is 7.78.